The van der Waals surface area contributed by atoms with Crippen LogP contribution in [-0.2, 0) is 14.6 Å². The molecule has 1 amide bonds. The van der Waals surface area contributed by atoms with Gasteiger partial charge < -0.3 is 15.8 Å². The molecule has 1 fully saturated rings. The predicted molar refractivity (Wildman–Crippen MR) is 49.3 cm³/mol. The van der Waals surface area contributed by atoms with Gasteiger partial charge in [0.2, 0.25) is 0 Å². The standard InChI is InChI=1S/C7H14N2O4S/c1-2-13-7(10)9-6-4-14(11,12)3-5(6)8/h5-6H,2-4,8H2,1H3,(H,9,10)/p+1/t5-,6-/m1/s1. The normalized spacial score (nSPS) is 29.9. The lowest BCUT2D eigenvalue weighted by atomic mass is 10.2. The van der Waals surface area contributed by atoms with Crippen molar-refractivity contribution in [2.45, 2.75) is 19.0 Å². The van der Waals surface area contributed by atoms with Crippen LogP contribution < -0.4 is 11.1 Å². The van der Waals surface area contributed by atoms with E-state index in [1.165, 1.54) is 0 Å². The van der Waals surface area contributed by atoms with Crippen LogP contribution in [0, 0.1) is 0 Å². The molecule has 1 saturated heterocycles. The highest BCUT2D eigenvalue weighted by atomic mass is 32.2. The lowest BCUT2D eigenvalue weighted by molar-refractivity contribution is -0.415. The second-order valence-corrected chi connectivity index (χ2v) is 5.46. The third-order valence-electron chi connectivity index (χ3n) is 2.05. The van der Waals surface area contributed by atoms with Gasteiger partial charge in [-0.15, -0.1) is 0 Å². The number of quaternary nitrogens is 1. The van der Waals surface area contributed by atoms with Crippen LogP contribution in [0.2, 0.25) is 0 Å². The number of carbonyl (C=O) groups excluding carboxylic acids is 1. The van der Waals surface area contributed by atoms with Crippen molar-refractivity contribution < 1.29 is 23.7 Å². The van der Waals surface area contributed by atoms with Crippen LogP contribution in [0.5, 0.6) is 0 Å². The molecule has 2 atom stereocenters. The minimum atomic E-state index is -3.04. The van der Waals surface area contributed by atoms with E-state index in [2.05, 4.69) is 15.8 Å². The minimum Gasteiger partial charge on any atom is -0.450 e. The summed E-state index contributed by atoms with van der Waals surface area (Å²) in [7, 11) is -3.04. The van der Waals surface area contributed by atoms with Gasteiger partial charge in [-0.2, -0.15) is 0 Å². The number of amides is 1. The molecule has 14 heavy (non-hydrogen) atoms. The third-order valence-corrected chi connectivity index (χ3v) is 3.85. The van der Waals surface area contributed by atoms with Gasteiger partial charge in [0.05, 0.1) is 18.4 Å². The molecule has 1 rings (SSSR count). The average Bonchev–Trinajstić information content (AvgIpc) is 2.25. The Labute approximate surface area is 82.7 Å². The molecule has 0 spiro atoms. The maximum absolute atomic E-state index is 11.2. The first kappa shape index (κ1) is 11.3. The molecule has 1 aliphatic heterocycles. The molecule has 0 aromatic rings. The van der Waals surface area contributed by atoms with Crippen LogP contribution in [0.1, 0.15) is 6.92 Å². The molecule has 0 aromatic carbocycles. The van der Waals surface area contributed by atoms with Crippen molar-refractivity contribution in [2.24, 2.45) is 0 Å². The van der Waals surface area contributed by atoms with Crippen LogP contribution in [0.4, 0.5) is 4.79 Å². The van der Waals surface area contributed by atoms with E-state index in [0.717, 1.165) is 0 Å². The van der Waals surface area contributed by atoms with E-state index in [1.807, 2.05) is 0 Å². The quantitative estimate of drug-likeness (QED) is 0.573. The Balaban J connectivity index is 2.51. The molecule has 0 aliphatic carbocycles. The minimum absolute atomic E-state index is 0.0318. The number of rotatable bonds is 2. The van der Waals surface area contributed by atoms with Gasteiger partial charge in [0, 0.05) is 0 Å². The number of alkyl carbamates (subject to hydrolysis) is 1. The van der Waals surface area contributed by atoms with Crippen molar-refractivity contribution in [3.05, 3.63) is 0 Å². The summed E-state index contributed by atoms with van der Waals surface area (Å²) in [6, 6.07) is -0.705. The van der Waals surface area contributed by atoms with Crippen LogP contribution in [-0.4, -0.2) is 44.7 Å². The van der Waals surface area contributed by atoms with Crippen molar-refractivity contribution in [3.8, 4) is 0 Å². The maximum Gasteiger partial charge on any atom is 0.407 e. The number of ether oxygens (including phenoxy) is 1. The summed E-state index contributed by atoms with van der Waals surface area (Å²) in [6.07, 6.45) is -0.580. The molecular weight excluding hydrogens is 208 g/mol. The molecule has 82 valence electrons. The smallest absolute Gasteiger partial charge is 0.407 e. The number of sulfone groups is 1. The van der Waals surface area contributed by atoms with E-state index in [9.17, 15) is 13.2 Å². The molecule has 4 N–H and O–H groups in total. The predicted octanol–water partition coefficient (Wildman–Crippen LogP) is -1.86. The van der Waals surface area contributed by atoms with E-state index in [1.54, 1.807) is 6.92 Å². The molecule has 6 nitrogen and oxygen atoms in total. The average molecular weight is 223 g/mol. The summed E-state index contributed by atoms with van der Waals surface area (Å²) >= 11 is 0. The number of carbonyl (C=O) groups is 1. The van der Waals surface area contributed by atoms with Crippen LogP contribution in [0.3, 0.4) is 0 Å². The lowest BCUT2D eigenvalue weighted by Gasteiger charge is -2.12. The number of nitrogens with one attached hydrogen (secondary N) is 1. The van der Waals surface area contributed by atoms with E-state index in [0.29, 0.717) is 0 Å². The van der Waals surface area contributed by atoms with E-state index < -0.39 is 22.0 Å². The molecule has 0 saturated carbocycles. The summed E-state index contributed by atoms with van der Waals surface area (Å²) in [5.41, 5.74) is 3.68. The molecule has 0 aromatic heterocycles. The summed E-state index contributed by atoms with van der Waals surface area (Å²) in [6.45, 7) is 1.96. The first-order valence-electron chi connectivity index (χ1n) is 4.41. The Morgan fingerprint density at radius 1 is 1.57 bits per heavy atom. The van der Waals surface area contributed by atoms with Gasteiger partial charge >= 0.3 is 6.09 Å². The molecular formula is C7H15N2O4S+. The molecule has 0 bridgehead atoms. The van der Waals surface area contributed by atoms with Crippen molar-refractivity contribution in [2.75, 3.05) is 18.1 Å². The van der Waals surface area contributed by atoms with Crippen molar-refractivity contribution >= 4 is 15.9 Å². The summed E-state index contributed by atoms with van der Waals surface area (Å²) < 4.78 is 27.0. The number of hydrogen-bond donors (Lipinski definition) is 2. The zero-order valence-corrected chi connectivity index (χ0v) is 8.84. The van der Waals surface area contributed by atoms with Gasteiger partial charge in [0.1, 0.15) is 11.8 Å². The van der Waals surface area contributed by atoms with Gasteiger partial charge in [-0.05, 0) is 6.92 Å². The van der Waals surface area contributed by atoms with E-state index >= 15 is 0 Å². The first-order chi connectivity index (χ1) is 6.44. The zero-order valence-electron chi connectivity index (χ0n) is 8.02. The van der Waals surface area contributed by atoms with E-state index in [4.69, 9.17) is 0 Å². The molecule has 0 unspecified atom stereocenters. The Hall–Kier alpha value is -0.820. The SMILES string of the molecule is CCOC(=O)N[C@@H]1CS(=O)(=O)C[C@H]1[NH3+]. The molecule has 1 heterocycles. The highest BCUT2D eigenvalue weighted by Gasteiger charge is 2.39. The second-order valence-electron chi connectivity index (χ2n) is 3.31. The van der Waals surface area contributed by atoms with Gasteiger partial charge in [0.25, 0.3) is 0 Å². The second kappa shape index (κ2) is 4.14. The van der Waals surface area contributed by atoms with Gasteiger partial charge in [-0.1, -0.05) is 0 Å². The Kier molecular flexibility index (Phi) is 3.33. The highest BCUT2D eigenvalue weighted by Crippen LogP contribution is 2.09. The van der Waals surface area contributed by atoms with Gasteiger partial charge in [0.15, 0.2) is 9.84 Å². The first-order valence-corrected chi connectivity index (χ1v) is 6.23. The number of hydrogen-bond acceptors (Lipinski definition) is 4. The largest absolute Gasteiger partial charge is 0.450 e. The highest BCUT2D eigenvalue weighted by molar-refractivity contribution is 7.91. The Morgan fingerprint density at radius 2 is 2.21 bits per heavy atom. The molecule has 0 radical (unpaired) electrons. The van der Waals surface area contributed by atoms with Crippen molar-refractivity contribution in [1.29, 1.82) is 0 Å². The fourth-order valence-corrected chi connectivity index (χ4v) is 3.33. The van der Waals surface area contributed by atoms with Crippen LogP contribution >= 0.6 is 0 Å². The molecule has 7 heteroatoms. The monoisotopic (exact) mass is 223 g/mol. The summed E-state index contributed by atoms with van der Waals surface area (Å²) in [5.74, 6) is -0.00987. The van der Waals surface area contributed by atoms with E-state index in [-0.39, 0.29) is 24.2 Å². The van der Waals surface area contributed by atoms with Crippen LogP contribution in [0.25, 0.3) is 0 Å². The van der Waals surface area contributed by atoms with Gasteiger partial charge in [-0.25, -0.2) is 13.2 Å². The van der Waals surface area contributed by atoms with Crippen molar-refractivity contribution in [1.82, 2.24) is 5.32 Å². The van der Waals surface area contributed by atoms with Crippen LogP contribution in [0.15, 0.2) is 0 Å². The zero-order chi connectivity index (χ0) is 10.8. The fraction of sp³-hybridized carbons (Fsp3) is 0.857. The summed E-state index contributed by atoms with van der Waals surface area (Å²) in [5, 5.41) is 2.48. The fourth-order valence-electron chi connectivity index (χ4n) is 1.40. The Morgan fingerprint density at radius 3 is 2.64 bits per heavy atom. The van der Waals surface area contributed by atoms with Crippen molar-refractivity contribution in [3.63, 3.8) is 0 Å². The maximum atomic E-state index is 11.2. The third kappa shape index (κ3) is 2.85. The summed E-state index contributed by atoms with van der Waals surface area (Å²) in [4.78, 5) is 11.0. The molecule has 1 aliphatic rings. The Bertz CT molecular complexity index is 314. The lowest BCUT2D eigenvalue weighted by Crippen LogP contribution is -2.69. The van der Waals surface area contributed by atoms with Gasteiger partial charge in [-0.3, -0.25) is 0 Å². The topological polar surface area (TPSA) is 100 Å².